The van der Waals surface area contributed by atoms with E-state index in [4.69, 9.17) is 0 Å². The van der Waals surface area contributed by atoms with Crippen LogP contribution in [0.4, 0.5) is 0 Å². The van der Waals surface area contributed by atoms with E-state index in [0.717, 1.165) is 0 Å². The Hall–Kier alpha value is -1.71. The standard InChI is InChI=1S/C9H8O4/c1-6-2-7(4-13-5-10)3-8(11)9(6)12/h2-3,5H,4H2,1H3. The summed E-state index contributed by atoms with van der Waals surface area (Å²) in [5.74, 6) is -1.07. The third-order valence-corrected chi connectivity index (χ3v) is 1.62. The van der Waals surface area contributed by atoms with Crippen LogP contribution in [-0.4, -0.2) is 24.6 Å². The molecule has 0 spiro atoms. The molecule has 1 aliphatic carbocycles. The molecule has 4 nitrogen and oxygen atoms in total. The minimum Gasteiger partial charge on any atom is -0.463 e. The van der Waals surface area contributed by atoms with Crippen LogP contribution in [-0.2, 0) is 19.1 Å². The van der Waals surface area contributed by atoms with Crippen LogP contribution in [0.25, 0.3) is 0 Å². The van der Waals surface area contributed by atoms with Gasteiger partial charge in [0, 0.05) is 5.57 Å². The Morgan fingerprint density at radius 1 is 1.38 bits per heavy atom. The van der Waals surface area contributed by atoms with Crippen LogP contribution in [0.5, 0.6) is 0 Å². The second-order valence-electron chi connectivity index (χ2n) is 2.65. The first kappa shape index (κ1) is 9.38. The normalized spacial score (nSPS) is 16.4. The highest BCUT2D eigenvalue weighted by molar-refractivity contribution is 6.48. The molecule has 13 heavy (non-hydrogen) atoms. The fourth-order valence-electron chi connectivity index (χ4n) is 1.03. The predicted molar refractivity (Wildman–Crippen MR) is 43.9 cm³/mol. The van der Waals surface area contributed by atoms with Crippen LogP contribution in [0.1, 0.15) is 6.92 Å². The van der Waals surface area contributed by atoms with Gasteiger partial charge in [-0.25, -0.2) is 0 Å². The summed E-state index contributed by atoms with van der Waals surface area (Å²) < 4.78 is 4.45. The maximum atomic E-state index is 11.0. The van der Waals surface area contributed by atoms with Crippen molar-refractivity contribution in [3.63, 3.8) is 0 Å². The molecule has 0 atom stereocenters. The second kappa shape index (κ2) is 3.80. The summed E-state index contributed by atoms with van der Waals surface area (Å²) in [7, 11) is 0. The van der Waals surface area contributed by atoms with Crippen LogP contribution in [0, 0.1) is 0 Å². The van der Waals surface area contributed by atoms with E-state index < -0.39 is 11.6 Å². The Balaban J connectivity index is 2.78. The van der Waals surface area contributed by atoms with E-state index in [1.807, 2.05) is 0 Å². The van der Waals surface area contributed by atoms with E-state index in [1.165, 1.54) is 12.2 Å². The molecule has 68 valence electrons. The third-order valence-electron chi connectivity index (χ3n) is 1.62. The van der Waals surface area contributed by atoms with Gasteiger partial charge in [-0.2, -0.15) is 0 Å². The van der Waals surface area contributed by atoms with Crippen molar-refractivity contribution in [1.29, 1.82) is 0 Å². The smallest absolute Gasteiger partial charge is 0.293 e. The molecule has 0 aliphatic heterocycles. The average Bonchev–Trinajstić information content (AvgIpc) is 2.10. The van der Waals surface area contributed by atoms with Crippen molar-refractivity contribution in [3.05, 3.63) is 23.3 Å². The Kier molecular flexibility index (Phi) is 2.74. The topological polar surface area (TPSA) is 60.4 Å². The summed E-state index contributed by atoms with van der Waals surface area (Å²) >= 11 is 0. The second-order valence-corrected chi connectivity index (χ2v) is 2.65. The van der Waals surface area contributed by atoms with Gasteiger partial charge in [-0.05, 0) is 24.6 Å². The molecule has 1 aliphatic rings. The average molecular weight is 180 g/mol. The van der Waals surface area contributed by atoms with Crippen molar-refractivity contribution in [2.45, 2.75) is 6.92 Å². The van der Waals surface area contributed by atoms with Crippen LogP contribution in [0.15, 0.2) is 23.3 Å². The zero-order chi connectivity index (χ0) is 9.84. The molecule has 1 rings (SSSR count). The highest BCUT2D eigenvalue weighted by Crippen LogP contribution is 2.11. The molecule has 0 saturated carbocycles. The summed E-state index contributed by atoms with van der Waals surface area (Å²) in [5.41, 5.74) is 0.909. The van der Waals surface area contributed by atoms with Gasteiger partial charge in [-0.1, -0.05) is 0 Å². The zero-order valence-corrected chi connectivity index (χ0v) is 7.07. The molecule has 0 heterocycles. The number of hydrogen-bond donors (Lipinski definition) is 0. The van der Waals surface area contributed by atoms with Crippen LogP contribution < -0.4 is 0 Å². The SMILES string of the molecule is CC1=CC(COC=O)=CC(=O)C1=O. The minimum absolute atomic E-state index is 0.0276. The number of hydrogen-bond acceptors (Lipinski definition) is 4. The van der Waals surface area contributed by atoms with Crippen molar-refractivity contribution < 1.29 is 19.1 Å². The number of rotatable bonds is 3. The first-order valence-corrected chi connectivity index (χ1v) is 3.68. The molecule has 0 unspecified atom stereocenters. The Morgan fingerprint density at radius 2 is 2.08 bits per heavy atom. The number of Topliss-reactive ketones (excluding diaryl/α,β-unsaturated/α-hetero) is 1. The third kappa shape index (κ3) is 2.11. The summed E-state index contributed by atoms with van der Waals surface area (Å²) in [5, 5.41) is 0. The van der Waals surface area contributed by atoms with Gasteiger partial charge in [0.05, 0.1) is 0 Å². The first-order chi connectivity index (χ1) is 6.15. The van der Waals surface area contributed by atoms with Crippen LogP contribution in [0.2, 0.25) is 0 Å². The van der Waals surface area contributed by atoms with Crippen LogP contribution >= 0.6 is 0 Å². The van der Waals surface area contributed by atoms with Gasteiger partial charge in [0.15, 0.2) is 0 Å². The van der Waals surface area contributed by atoms with Crippen molar-refractivity contribution >= 4 is 18.0 Å². The van der Waals surface area contributed by atoms with Crippen molar-refractivity contribution in [2.75, 3.05) is 6.61 Å². The number of ketones is 2. The Labute approximate surface area is 74.9 Å². The summed E-state index contributed by atoms with van der Waals surface area (Å²) in [6, 6.07) is 0. The van der Waals surface area contributed by atoms with Gasteiger partial charge in [0.25, 0.3) is 6.47 Å². The van der Waals surface area contributed by atoms with E-state index in [9.17, 15) is 14.4 Å². The van der Waals surface area contributed by atoms with Gasteiger partial charge in [-0.15, -0.1) is 0 Å². The molecule has 0 amide bonds. The van der Waals surface area contributed by atoms with Gasteiger partial charge >= 0.3 is 0 Å². The quantitative estimate of drug-likeness (QED) is 0.353. The number of carbonyl (C=O) groups excluding carboxylic acids is 3. The molecular formula is C9H8O4. The van der Waals surface area contributed by atoms with Crippen molar-refractivity contribution in [1.82, 2.24) is 0 Å². The summed E-state index contributed by atoms with van der Waals surface area (Å²) in [4.78, 5) is 31.8. The Morgan fingerprint density at radius 3 is 2.62 bits per heavy atom. The number of carbonyl (C=O) groups is 3. The van der Waals surface area contributed by atoms with Crippen LogP contribution in [0.3, 0.4) is 0 Å². The molecule has 0 aromatic rings. The van der Waals surface area contributed by atoms with Gasteiger partial charge in [0.1, 0.15) is 6.61 Å². The maximum absolute atomic E-state index is 11.0. The molecule has 0 N–H and O–H groups in total. The maximum Gasteiger partial charge on any atom is 0.293 e. The van der Waals surface area contributed by atoms with E-state index in [-0.39, 0.29) is 6.61 Å². The van der Waals surface area contributed by atoms with Gasteiger partial charge in [-0.3, -0.25) is 14.4 Å². The monoisotopic (exact) mass is 180 g/mol. The fourth-order valence-corrected chi connectivity index (χ4v) is 1.03. The minimum atomic E-state index is -0.565. The lowest BCUT2D eigenvalue weighted by Gasteiger charge is -2.07. The summed E-state index contributed by atoms with van der Waals surface area (Å²) in [6.07, 6.45) is 2.71. The highest BCUT2D eigenvalue weighted by atomic mass is 16.5. The molecule has 0 bridgehead atoms. The molecule has 0 radical (unpaired) electrons. The van der Waals surface area contributed by atoms with E-state index in [1.54, 1.807) is 6.92 Å². The molecule has 4 heteroatoms. The molecule has 0 aromatic heterocycles. The van der Waals surface area contributed by atoms with Gasteiger partial charge in [0.2, 0.25) is 11.6 Å². The molecule has 0 aromatic carbocycles. The lowest BCUT2D eigenvalue weighted by atomic mass is 9.99. The van der Waals surface area contributed by atoms with E-state index in [2.05, 4.69) is 4.74 Å². The predicted octanol–water partition coefficient (Wildman–Crippen LogP) is 0.184. The highest BCUT2D eigenvalue weighted by Gasteiger charge is 2.18. The summed E-state index contributed by atoms with van der Waals surface area (Å²) in [6.45, 7) is 1.87. The largest absolute Gasteiger partial charge is 0.463 e. The molecular weight excluding hydrogens is 172 g/mol. The molecule has 0 fully saturated rings. The lowest BCUT2D eigenvalue weighted by Crippen LogP contribution is -2.17. The fraction of sp³-hybridized carbons (Fsp3) is 0.222. The lowest BCUT2D eigenvalue weighted by molar-refractivity contribution is -0.131. The van der Waals surface area contributed by atoms with Gasteiger partial charge < -0.3 is 4.74 Å². The van der Waals surface area contributed by atoms with E-state index >= 15 is 0 Å². The molecule has 0 saturated heterocycles. The van der Waals surface area contributed by atoms with Crippen molar-refractivity contribution in [2.24, 2.45) is 0 Å². The zero-order valence-electron chi connectivity index (χ0n) is 7.07. The van der Waals surface area contributed by atoms with Crippen molar-refractivity contribution in [3.8, 4) is 0 Å². The van der Waals surface area contributed by atoms with E-state index in [0.29, 0.717) is 17.6 Å². The Bertz CT molecular complexity index is 323. The number of allylic oxidation sites excluding steroid dienone is 2. The first-order valence-electron chi connectivity index (χ1n) is 3.68. The number of ether oxygens (including phenoxy) is 1.